The van der Waals surface area contributed by atoms with Crippen molar-refractivity contribution in [3.05, 3.63) is 29.3 Å². The lowest BCUT2D eigenvalue weighted by molar-refractivity contribution is 0.178. The molecular weight excluding hydrogens is 177 g/mol. The van der Waals surface area contributed by atoms with Crippen molar-refractivity contribution in [1.82, 2.24) is 0 Å². The van der Waals surface area contributed by atoms with E-state index >= 15 is 0 Å². The van der Waals surface area contributed by atoms with Crippen molar-refractivity contribution < 1.29 is 4.39 Å². The highest BCUT2D eigenvalue weighted by molar-refractivity contribution is 5.55. The van der Waals surface area contributed by atoms with Gasteiger partial charge >= 0.3 is 0 Å². The van der Waals surface area contributed by atoms with Crippen LogP contribution in [0, 0.1) is 6.92 Å². The topological polar surface area (TPSA) is 12.0 Å². The fourth-order valence-electron chi connectivity index (χ4n) is 2.02. The summed E-state index contributed by atoms with van der Waals surface area (Å²) in [7, 11) is 0. The Balaban J connectivity index is 2.52. The Bertz CT molecular complexity index is 344. The first-order chi connectivity index (χ1) is 6.59. The maximum Gasteiger partial charge on any atom is 0.135 e. The third kappa shape index (κ3) is 1.61. The zero-order valence-electron chi connectivity index (χ0n) is 8.73. The Hall–Kier alpha value is -1.05. The molecule has 1 aromatic rings. The zero-order chi connectivity index (χ0) is 10.2. The van der Waals surface area contributed by atoms with Gasteiger partial charge < -0.3 is 5.32 Å². The predicted octanol–water partition coefficient (Wildman–Crippen LogP) is 3.39. The minimum absolute atomic E-state index is 0.608. The summed E-state index contributed by atoms with van der Waals surface area (Å²) in [5.74, 6) is 0. The van der Waals surface area contributed by atoms with E-state index in [9.17, 15) is 4.39 Å². The molecule has 2 rings (SSSR count). The van der Waals surface area contributed by atoms with Gasteiger partial charge in [-0.05, 0) is 32.8 Å². The molecule has 0 spiro atoms. The SMILES string of the molecule is Cc1ccc2c(c1)C(C)(F)CCCN2. The minimum Gasteiger partial charge on any atom is -0.385 e. The van der Waals surface area contributed by atoms with E-state index in [1.54, 1.807) is 6.92 Å². The van der Waals surface area contributed by atoms with Crippen LogP contribution in [0.3, 0.4) is 0 Å². The van der Waals surface area contributed by atoms with Gasteiger partial charge in [-0.2, -0.15) is 0 Å². The molecule has 1 nitrogen and oxygen atoms in total. The molecule has 0 radical (unpaired) electrons. The van der Waals surface area contributed by atoms with E-state index < -0.39 is 5.67 Å². The van der Waals surface area contributed by atoms with Crippen molar-refractivity contribution >= 4 is 5.69 Å². The van der Waals surface area contributed by atoms with Crippen LogP contribution in [-0.2, 0) is 5.67 Å². The van der Waals surface area contributed by atoms with Crippen LogP contribution in [0.1, 0.15) is 30.9 Å². The molecule has 0 aromatic heterocycles. The number of aryl methyl sites for hydroxylation is 1. The van der Waals surface area contributed by atoms with Gasteiger partial charge in [-0.1, -0.05) is 17.7 Å². The summed E-state index contributed by atoms with van der Waals surface area (Å²) in [6.07, 6.45) is 1.50. The highest BCUT2D eigenvalue weighted by Crippen LogP contribution is 2.38. The summed E-state index contributed by atoms with van der Waals surface area (Å²) < 4.78 is 14.3. The van der Waals surface area contributed by atoms with E-state index in [1.165, 1.54) is 0 Å². The third-order valence-corrected chi connectivity index (χ3v) is 2.88. The molecule has 0 saturated carbocycles. The van der Waals surface area contributed by atoms with E-state index in [4.69, 9.17) is 0 Å². The molecule has 0 aliphatic carbocycles. The number of hydrogen-bond donors (Lipinski definition) is 1. The average Bonchev–Trinajstić information content (AvgIpc) is 2.26. The van der Waals surface area contributed by atoms with Crippen molar-refractivity contribution in [3.8, 4) is 0 Å². The lowest BCUT2D eigenvalue weighted by Gasteiger charge is -2.20. The maximum absolute atomic E-state index is 14.3. The highest BCUT2D eigenvalue weighted by atomic mass is 19.1. The molecule has 1 aliphatic heterocycles. The smallest absolute Gasteiger partial charge is 0.135 e. The highest BCUT2D eigenvalue weighted by Gasteiger charge is 2.30. The van der Waals surface area contributed by atoms with Crippen LogP contribution < -0.4 is 5.32 Å². The van der Waals surface area contributed by atoms with Crippen LogP contribution in [0.4, 0.5) is 10.1 Å². The molecule has 1 aliphatic rings. The van der Waals surface area contributed by atoms with Gasteiger partial charge in [0.05, 0.1) is 0 Å². The second kappa shape index (κ2) is 3.26. The Morgan fingerprint density at radius 3 is 3.00 bits per heavy atom. The molecule has 0 fully saturated rings. The van der Waals surface area contributed by atoms with Gasteiger partial charge in [-0.3, -0.25) is 0 Å². The Kier molecular flexibility index (Phi) is 2.22. The van der Waals surface area contributed by atoms with E-state index in [0.29, 0.717) is 6.42 Å². The van der Waals surface area contributed by atoms with Crippen molar-refractivity contribution in [3.63, 3.8) is 0 Å². The van der Waals surface area contributed by atoms with Gasteiger partial charge in [0.2, 0.25) is 0 Å². The van der Waals surface area contributed by atoms with Gasteiger partial charge in [0.25, 0.3) is 0 Å². The van der Waals surface area contributed by atoms with E-state index in [1.807, 2.05) is 25.1 Å². The largest absolute Gasteiger partial charge is 0.385 e. The van der Waals surface area contributed by atoms with Gasteiger partial charge in [-0.15, -0.1) is 0 Å². The normalized spacial score (nSPS) is 26.2. The number of fused-ring (bicyclic) bond motifs is 1. The monoisotopic (exact) mass is 193 g/mol. The van der Waals surface area contributed by atoms with Crippen LogP contribution in [0.5, 0.6) is 0 Å². The molecule has 76 valence electrons. The van der Waals surface area contributed by atoms with Crippen molar-refractivity contribution in [2.75, 3.05) is 11.9 Å². The summed E-state index contributed by atoms with van der Waals surface area (Å²) in [5, 5.41) is 3.27. The molecule has 0 bridgehead atoms. The van der Waals surface area contributed by atoms with Crippen LogP contribution in [0.2, 0.25) is 0 Å². The van der Waals surface area contributed by atoms with Crippen molar-refractivity contribution in [2.24, 2.45) is 0 Å². The number of anilines is 1. The van der Waals surface area contributed by atoms with Crippen LogP contribution >= 0.6 is 0 Å². The van der Waals surface area contributed by atoms with Crippen LogP contribution in [-0.4, -0.2) is 6.54 Å². The number of rotatable bonds is 0. The summed E-state index contributed by atoms with van der Waals surface area (Å²) in [6.45, 7) is 4.55. The molecule has 1 aromatic carbocycles. The van der Waals surface area contributed by atoms with Crippen molar-refractivity contribution in [1.29, 1.82) is 0 Å². The predicted molar refractivity (Wildman–Crippen MR) is 57.4 cm³/mol. The number of halogens is 1. The number of alkyl halides is 1. The first-order valence-corrected chi connectivity index (χ1v) is 5.13. The van der Waals surface area contributed by atoms with E-state index in [-0.39, 0.29) is 0 Å². The Labute approximate surface area is 84.3 Å². The second-order valence-corrected chi connectivity index (χ2v) is 4.28. The molecule has 0 amide bonds. The summed E-state index contributed by atoms with van der Waals surface area (Å²) in [5.41, 5.74) is 1.72. The third-order valence-electron chi connectivity index (χ3n) is 2.88. The van der Waals surface area contributed by atoms with E-state index in [0.717, 1.165) is 29.8 Å². The van der Waals surface area contributed by atoms with Gasteiger partial charge in [0, 0.05) is 17.8 Å². The molecule has 2 heteroatoms. The van der Waals surface area contributed by atoms with Gasteiger partial charge in [0.1, 0.15) is 5.67 Å². The fraction of sp³-hybridized carbons (Fsp3) is 0.500. The summed E-state index contributed by atoms with van der Waals surface area (Å²) in [4.78, 5) is 0. The van der Waals surface area contributed by atoms with Gasteiger partial charge in [-0.25, -0.2) is 4.39 Å². The van der Waals surface area contributed by atoms with Crippen LogP contribution in [0.15, 0.2) is 18.2 Å². The van der Waals surface area contributed by atoms with E-state index in [2.05, 4.69) is 5.32 Å². The summed E-state index contributed by atoms with van der Waals surface area (Å²) in [6, 6.07) is 5.95. The maximum atomic E-state index is 14.3. The summed E-state index contributed by atoms with van der Waals surface area (Å²) >= 11 is 0. The standard InChI is InChI=1S/C12H16FN/c1-9-4-5-11-10(8-9)12(2,13)6-3-7-14-11/h4-5,8,14H,3,6-7H2,1-2H3. The second-order valence-electron chi connectivity index (χ2n) is 4.28. The first kappa shape index (κ1) is 9.50. The molecule has 0 saturated heterocycles. The lowest BCUT2D eigenvalue weighted by Crippen LogP contribution is -2.14. The number of nitrogens with one attached hydrogen (secondary N) is 1. The fourth-order valence-corrected chi connectivity index (χ4v) is 2.02. The Morgan fingerprint density at radius 2 is 2.21 bits per heavy atom. The first-order valence-electron chi connectivity index (χ1n) is 5.13. The molecule has 1 heterocycles. The lowest BCUT2D eigenvalue weighted by atomic mass is 9.92. The Morgan fingerprint density at radius 1 is 1.43 bits per heavy atom. The van der Waals surface area contributed by atoms with Crippen molar-refractivity contribution in [2.45, 2.75) is 32.4 Å². The number of benzene rings is 1. The molecule has 1 N–H and O–H groups in total. The van der Waals surface area contributed by atoms with Gasteiger partial charge in [0.15, 0.2) is 0 Å². The average molecular weight is 193 g/mol. The molecule has 1 unspecified atom stereocenters. The zero-order valence-corrected chi connectivity index (χ0v) is 8.73. The number of hydrogen-bond acceptors (Lipinski definition) is 1. The van der Waals surface area contributed by atoms with Crippen LogP contribution in [0.25, 0.3) is 0 Å². The minimum atomic E-state index is -1.18. The quantitative estimate of drug-likeness (QED) is 0.666. The molecule has 1 atom stereocenters. The molecular formula is C12H16FN. The molecule has 14 heavy (non-hydrogen) atoms.